The molecule has 0 aliphatic rings. The molecule has 0 unspecified atom stereocenters. The molecule has 0 spiro atoms. The Labute approximate surface area is 195 Å². The molecule has 2 aromatic carbocycles. The van der Waals surface area contributed by atoms with Crippen molar-refractivity contribution in [2.75, 3.05) is 11.9 Å². The highest BCUT2D eigenvalue weighted by molar-refractivity contribution is 7.80. The van der Waals surface area contributed by atoms with Gasteiger partial charge in [-0.2, -0.15) is 0 Å². The zero-order chi connectivity index (χ0) is 21.4. The van der Waals surface area contributed by atoms with Crippen LogP contribution in [0, 0.1) is 0 Å². The maximum absolute atomic E-state index is 12.3. The third-order valence-corrected chi connectivity index (χ3v) is 4.94. The average Bonchev–Trinajstić information content (AvgIpc) is 2.67. The van der Waals surface area contributed by atoms with Crippen LogP contribution in [0.1, 0.15) is 12.5 Å². The second kappa shape index (κ2) is 11.1. The Kier molecular flexibility index (Phi) is 9.11. The Hall–Kier alpha value is -1.44. The highest BCUT2D eigenvalue weighted by Crippen LogP contribution is 2.29. The van der Waals surface area contributed by atoms with Gasteiger partial charge in [-0.25, -0.2) is 0 Å². The van der Waals surface area contributed by atoms with Crippen LogP contribution in [-0.4, -0.2) is 27.6 Å². The van der Waals surface area contributed by atoms with Crippen molar-refractivity contribution in [2.45, 2.75) is 23.3 Å². The number of rotatable bonds is 7. The van der Waals surface area contributed by atoms with Gasteiger partial charge in [0.1, 0.15) is 11.9 Å². The van der Waals surface area contributed by atoms with Crippen molar-refractivity contribution in [3.63, 3.8) is 0 Å². The van der Waals surface area contributed by atoms with Crippen molar-refractivity contribution in [3.05, 3.63) is 59.1 Å². The number of aryl methyl sites for hydroxylation is 1. The van der Waals surface area contributed by atoms with Crippen molar-refractivity contribution in [2.24, 2.45) is 0 Å². The summed E-state index contributed by atoms with van der Waals surface area (Å²) in [5.74, 6) is 0.0700. The van der Waals surface area contributed by atoms with Crippen LogP contribution in [0.15, 0.2) is 48.5 Å². The number of ether oxygens (including phenoxy) is 1. The molecule has 0 saturated heterocycles. The molecule has 0 radical (unpaired) electrons. The number of anilines is 1. The maximum Gasteiger partial charge on any atom is 0.259 e. The molecule has 0 fully saturated rings. The predicted octanol–water partition coefficient (Wildman–Crippen LogP) is 5.08. The van der Waals surface area contributed by atoms with Crippen molar-refractivity contribution >= 4 is 75.3 Å². The van der Waals surface area contributed by atoms with Crippen molar-refractivity contribution in [3.8, 4) is 5.75 Å². The number of carbonyl (C=O) groups excluding carboxylic acids is 1. The number of benzene rings is 2. The van der Waals surface area contributed by atoms with E-state index in [2.05, 4.69) is 22.9 Å². The molecule has 1 atom stereocenters. The second-order valence-corrected chi connectivity index (χ2v) is 9.09. The lowest BCUT2D eigenvalue weighted by Gasteiger charge is -2.27. The zero-order valence-corrected chi connectivity index (χ0v) is 19.2. The quantitative estimate of drug-likeness (QED) is 0.284. The van der Waals surface area contributed by atoms with E-state index in [-0.39, 0.29) is 11.7 Å². The SMILES string of the molecule is CCc1ccc(OCC(=O)N[C@H](NC(=S)Nc2ccccc2Cl)C(Cl)(Cl)Cl)cc1. The Morgan fingerprint density at radius 1 is 1.10 bits per heavy atom. The van der Waals surface area contributed by atoms with E-state index in [0.29, 0.717) is 16.5 Å². The van der Waals surface area contributed by atoms with Gasteiger partial charge >= 0.3 is 0 Å². The summed E-state index contributed by atoms with van der Waals surface area (Å²) in [6, 6.07) is 14.4. The van der Waals surface area contributed by atoms with Crippen LogP contribution in [-0.2, 0) is 11.2 Å². The minimum Gasteiger partial charge on any atom is -0.484 e. The number of halogens is 4. The highest BCUT2D eigenvalue weighted by Gasteiger charge is 2.34. The third kappa shape index (κ3) is 8.07. The highest BCUT2D eigenvalue weighted by atomic mass is 35.6. The molecular weight excluding hydrogens is 476 g/mol. The van der Waals surface area contributed by atoms with Gasteiger partial charge in [0.2, 0.25) is 3.79 Å². The van der Waals surface area contributed by atoms with Crippen LogP contribution in [0.25, 0.3) is 0 Å². The van der Waals surface area contributed by atoms with Crippen LogP contribution in [0.2, 0.25) is 5.02 Å². The molecule has 0 saturated carbocycles. The van der Waals surface area contributed by atoms with Crippen LogP contribution >= 0.6 is 58.6 Å². The topological polar surface area (TPSA) is 62.4 Å². The number of thiocarbonyl (C=S) groups is 1. The summed E-state index contributed by atoms with van der Waals surface area (Å²) in [5.41, 5.74) is 1.74. The summed E-state index contributed by atoms with van der Waals surface area (Å²) in [6.07, 6.45) is -0.187. The van der Waals surface area contributed by atoms with Crippen LogP contribution in [0.5, 0.6) is 5.75 Å². The molecular formula is C19H19Cl4N3O2S. The summed E-state index contributed by atoms with van der Waals surface area (Å²) in [7, 11) is 0. The molecule has 1 amide bonds. The molecule has 0 aliphatic heterocycles. The first-order valence-electron chi connectivity index (χ1n) is 8.59. The van der Waals surface area contributed by atoms with Gasteiger partial charge in [0, 0.05) is 0 Å². The van der Waals surface area contributed by atoms with Gasteiger partial charge in [0.25, 0.3) is 5.91 Å². The summed E-state index contributed by atoms with van der Waals surface area (Å²) < 4.78 is 3.59. The summed E-state index contributed by atoms with van der Waals surface area (Å²) >= 11 is 29.2. The fraction of sp³-hybridized carbons (Fsp3) is 0.263. The molecule has 0 heterocycles. The summed E-state index contributed by atoms with van der Waals surface area (Å²) in [5, 5.41) is 8.77. The Morgan fingerprint density at radius 2 is 1.76 bits per heavy atom. The first kappa shape index (κ1) is 23.8. The van der Waals surface area contributed by atoms with E-state index in [4.69, 9.17) is 63.4 Å². The molecule has 29 heavy (non-hydrogen) atoms. The number of hydrogen-bond donors (Lipinski definition) is 3. The number of alkyl halides is 3. The van der Waals surface area contributed by atoms with Gasteiger partial charge in [0.05, 0.1) is 10.7 Å². The largest absolute Gasteiger partial charge is 0.484 e. The Bertz CT molecular complexity index is 844. The number of nitrogens with one attached hydrogen (secondary N) is 3. The lowest BCUT2D eigenvalue weighted by molar-refractivity contribution is -0.123. The minimum absolute atomic E-state index is 0.116. The molecule has 0 aliphatic carbocycles. The summed E-state index contributed by atoms with van der Waals surface area (Å²) in [6.45, 7) is 1.80. The molecule has 156 valence electrons. The monoisotopic (exact) mass is 493 g/mol. The Balaban J connectivity index is 1.92. The van der Waals surface area contributed by atoms with Crippen molar-refractivity contribution in [1.82, 2.24) is 10.6 Å². The molecule has 3 N–H and O–H groups in total. The summed E-state index contributed by atoms with van der Waals surface area (Å²) in [4.78, 5) is 12.3. The average molecular weight is 495 g/mol. The Morgan fingerprint density at radius 3 is 2.34 bits per heavy atom. The molecule has 0 bridgehead atoms. The van der Waals surface area contributed by atoms with Crippen molar-refractivity contribution < 1.29 is 9.53 Å². The van der Waals surface area contributed by atoms with Gasteiger partial charge in [0.15, 0.2) is 11.7 Å². The standard InChI is InChI=1S/C19H19Cl4N3O2S/c1-2-12-7-9-13(10-8-12)28-11-16(27)25-17(19(21,22)23)26-18(29)24-15-6-4-3-5-14(15)20/h3-10,17H,2,11H2,1H3,(H,25,27)(H2,24,26,29)/t17-/m1/s1. The van der Waals surface area contributed by atoms with Gasteiger partial charge in [-0.15, -0.1) is 0 Å². The van der Waals surface area contributed by atoms with E-state index in [0.717, 1.165) is 6.42 Å². The minimum atomic E-state index is -1.87. The lowest BCUT2D eigenvalue weighted by atomic mass is 10.2. The fourth-order valence-corrected chi connectivity index (χ4v) is 2.96. The third-order valence-electron chi connectivity index (χ3n) is 3.73. The van der Waals surface area contributed by atoms with E-state index in [9.17, 15) is 4.79 Å². The molecule has 5 nitrogen and oxygen atoms in total. The molecule has 0 aromatic heterocycles. The number of para-hydroxylation sites is 1. The second-order valence-electron chi connectivity index (χ2n) is 5.91. The maximum atomic E-state index is 12.3. The smallest absolute Gasteiger partial charge is 0.259 e. The van der Waals surface area contributed by atoms with E-state index < -0.39 is 15.9 Å². The molecule has 2 rings (SSSR count). The first-order valence-corrected chi connectivity index (χ1v) is 10.5. The lowest BCUT2D eigenvalue weighted by Crippen LogP contribution is -2.57. The van der Waals surface area contributed by atoms with E-state index in [1.807, 2.05) is 12.1 Å². The number of hydrogen-bond acceptors (Lipinski definition) is 3. The van der Waals surface area contributed by atoms with Gasteiger partial charge in [-0.3, -0.25) is 4.79 Å². The zero-order valence-electron chi connectivity index (χ0n) is 15.3. The van der Waals surface area contributed by atoms with Gasteiger partial charge < -0.3 is 20.7 Å². The molecule has 2 aromatic rings. The van der Waals surface area contributed by atoms with E-state index in [1.165, 1.54) is 5.56 Å². The van der Waals surface area contributed by atoms with Crippen LogP contribution in [0.3, 0.4) is 0 Å². The number of carbonyl (C=O) groups is 1. The van der Waals surface area contributed by atoms with Crippen LogP contribution in [0.4, 0.5) is 5.69 Å². The fourth-order valence-electron chi connectivity index (χ4n) is 2.22. The molecule has 10 heteroatoms. The van der Waals surface area contributed by atoms with Gasteiger partial charge in [-0.05, 0) is 48.5 Å². The van der Waals surface area contributed by atoms with E-state index >= 15 is 0 Å². The number of amides is 1. The van der Waals surface area contributed by atoms with Gasteiger partial charge in [-0.1, -0.05) is 77.6 Å². The first-order chi connectivity index (χ1) is 13.7. The van der Waals surface area contributed by atoms with Crippen LogP contribution < -0.4 is 20.7 Å². The predicted molar refractivity (Wildman–Crippen MR) is 124 cm³/mol. The normalized spacial score (nSPS) is 12.0. The van der Waals surface area contributed by atoms with E-state index in [1.54, 1.807) is 36.4 Å². The van der Waals surface area contributed by atoms with Crippen molar-refractivity contribution in [1.29, 1.82) is 0 Å².